The molecule has 0 atom stereocenters. The van der Waals surface area contributed by atoms with Gasteiger partial charge in [0.05, 0.1) is 12.7 Å². The molecule has 0 fully saturated rings. The number of aryl methyl sites for hydroxylation is 1. The molecule has 0 unspecified atom stereocenters. The van der Waals surface area contributed by atoms with Crippen LogP contribution in [0.2, 0.25) is 0 Å². The first-order valence-corrected chi connectivity index (χ1v) is 6.26. The smallest absolute Gasteiger partial charge is 0.213 e. The van der Waals surface area contributed by atoms with E-state index in [1.807, 2.05) is 6.92 Å². The second kappa shape index (κ2) is 6.83. The van der Waals surface area contributed by atoms with Gasteiger partial charge in [0.15, 0.2) is 5.82 Å². The number of methoxy groups -OCH3 is 1. The van der Waals surface area contributed by atoms with Crippen molar-refractivity contribution in [3.8, 4) is 0 Å². The van der Waals surface area contributed by atoms with Crippen LogP contribution in [-0.4, -0.2) is 22.1 Å². The van der Waals surface area contributed by atoms with Gasteiger partial charge in [-0.25, -0.2) is 20.8 Å². The number of rotatable bonds is 7. The van der Waals surface area contributed by atoms with Crippen molar-refractivity contribution in [2.45, 2.75) is 26.5 Å². The molecular formula is C12H18N6O2. The summed E-state index contributed by atoms with van der Waals surface area (Å²) >= 11 is 0. The maximum atomic E-state index is 5.51. The van der Waals surface area contributed by atoms with Gasteiger partial charge in [-0.3, -0.25) is 0 Å². The van der Waals surface area contributed by atoms with Crippen molar-refractivity contribution in [3.63, 3.8) is 0 Å². The van der Waals surface area contributed by atoms with Crippen LogP contribution in [-0.2, 0) is 24.3 Å². The third-order valence-electron chi connectivity index (χ3n) is 2.56. The van der Waals surface area contributed by atoms with E-state index in [1.54, 1.807) is 19.4 Å². The van der Waals surface area contributed by atoms with Gasteiger partial charge < -0.3 is 19.9 Å². The molecule has 2 aromatic heterocycles. The van der Waals surface area contributed by atoms with Crippen LogP contribution in [0, 0.1) is 0 Å². The Kier molecular flexibility index (Phi) is 4.85. The molecule has 0 aromatic carbocycles. The Morgan fingerprint density at radius 1 is 1.35 bits per heavy atom. The number of ether oxygens (including phenoxy) is 1. The molecule has 8 heteroatoms. The molecule has 0 aliphatic carbocycles. The molecule has 0 aliphatic heterocycles. The summed E-state index contributed by atoms with van der Waals surface area (Å²) in [7, 11) is 1.58. The summed E-state index contributed by atoms with van der Waals surface area (Å²) in [6.07, 6.45) is 2.54. The molecule has 4 N–H and O–H groups in total. The average Bonchev–Trinajstić information content (AvgIpc) is 2.93. The van der Waals surface area contributed by atoms with Gasteiger partial charge in [-0.2, -0.15) is 0 Å². The first-order chi connectivity index (χ1) is 9.75. The Morgan fingerprint density at radius 3 is 2.80 bits per heavy atom. The van der Waals surface area contributed by atoms with E-state index in [4.69, 9.17) is 15.0 Å². The van der Waals surface area contributed by atoms with Crippen molar-refractivity contribution >= 4 is 11.6 Å². The lowest BCUT2D eigenvalue weighted by Gasteiger charge is -2.08. The predicted molar refractivity (Wildman–Crippen MR) is 73.8 cm³/mol. The van der Waals surface area contributed by atoms with E-state index in [0.29, 0.717) is 36.5 Å². The molecule has 0 aliphatic rings. The molecule has 2 heterocycles. The van der Waals surface area contributed by atoms with E-state index in [1.165, 1.54) is 0 Å². The lowest BCUT2D eigenvalue weighted by atomic mass is 10.4. The molecule has 0 radical (unpaired) electrons. The first-order valence-electron chi connectivity index (χ1n) is 6.26. The van der Waals surface area contributed by atoms with Gasteiger partial charge in [-0.1, -0.05) is 6.92 Å². The number of hydrazine groups is 1. The second-order valence-electron chi connectivity index (χ2n) is 4.06. The highest BCUT2D eigenvalue weighted by molar-refractivity contribution is 5.46. The minimum atomic E-state index is 0.309. The van der Waals surface area contributed by atoms with E-state index >= 15 is 0 Å². The summed E-state index contributed by atoms with van der Waals surface area (Å²) in [4.78, 5) is 12.6. The SMILES string of the molecule is CCc1cnc(CNc2cc(NN)nc(COC)n2)o1. The van der Waals surface area contributed by atoms with Crippen LogP contribution in [0.5, 0.6) is 0 Å². The van der Waals surface area contributed by atoms with E-state index in [9.17, 15) is 0 Å². The number of nitrogens with one attached hydrogen (secondary N) is 2. The summed E-state index contributed by atoms with van der Waals surface area (Å²) < 4.78 is 10.5. The Hall–Kier alpha value is -2.19. The highest BCUT2D eigenvalue weighted by Gasteiger charge is 2.06. The van der Waals surface area contributed by atoms with Gasteiger partial charge in [0, 0.05) is 19.6 Å². The third-order valence-corrected chi connectivity index (χ3v) is 2.56. The topological polar surface area (TPSA) is 111 Å². The van der Waals surface area contributed by atoms with Crippen LogP contribution in [0.4, 0.5) is 11.6 Å². The zero-order valence-electron chi connectivity index (χ0n) is 11.5. The fraction of sp³-hybridized carbons (Fsp3) is 0.417. The number of nitrogens with zero attached hydrogens (tertiary/aromatic N) is 3. The largest absolute Gasteiger partial charge is 0.444 e. The molecule has 108 valence electrons. The fourth-order valence-corrected chi connectivity index (χ4v) is 1.61. The summed E-state index contributed by atoms with van der Waals surface area (Å²) in [5.74, 6) is 8.50. The number of hydrogen-bond acceptors (Lipinski definition) is 8. The number of nitrogen functional groups attached to an aromatic ring is 1. The van der Waals surface area contributed by atoms with Crippen molar-refractivity contribution in [2.75, 3.05) is 17.9 Å². The van der Waals surface area contributed by atoms with Crippen molar-refractivity contribution in [1.82, 2.24) is 15.0 Å². The Morgan fingerprint density at radius 2 is 2.15 bits per heavy atom. The van der Waals surface area contributed by atoms with Gasteiger partial charge in [0.25, 0.3) is 0 Å². The molecule has 8 nitrogen and oxygen atoms in total. The van der Waals surface area contributed by atoms with Gasteiger partial charge in [0.1, 0.15) is 24.0 Å². The van der Waals surface area contributed by atoms with Gasteiger partial charge in [0.2, 0.25) is 5.89 Å². The number of anilines is 2. The normalized spacial score (nSPS) is 10.6. The van der Waals surface area contributed by atoms with Crippen LogP contribution in [0.15, 0.2) is 16.7 Å². The summed E-state index contributed by atoms with van der Waals surface area (Å²) in [5.41, 5.74) is 2.49. The van der Waals surface area contributed by atoms with E-state index in [0.717, 1.165) is 12.2 Å². The van der Waals surface area contributed by atoms with E-state index in [-0.39, 0.29) is 0 Å². The van der Waals surface area contributed by atoms with E-state index < -0.39 is 0 Å². The number of nitrogens with two attached hydrogens (primary N) is 1. The first kappa shape index (κ1) is 14.2. The van der Waals surface area contributed by atoms with Gasteiger partial charge >= 0.3 is 0 Å². The quantitative estimate of drug-likeness (QED) is 0.509. The molecule has 0 saturated heterocycles. The summed E-state index contributed by atoms with van der Waals surface area (Å²) in [5, 5.41) is 3.11. The summed E-state index contributed by atoms with van der Waals surface area (Å²) in [6, 6.07) is 1.70. The standard InChI is InChI=1S/C12H18N6O2/c1-3-8-5-15-12(20-8)6-14-9-4-10(18-13)17-11(16-9)7-19-2/h4-5H,3,6-7,13H2,1-2H3,(H2,14,16,17,18). The second-order valence-corrected chi connectivity index (χ2v) is 4.06. The highest BCUT2D eigenvalue weighted by Crippen LogP contribution is 2.13. The van der Waals surface area contributed by atoms with Crippen LogP contribution < -0.4 is 16.6 Å². The maximum absolute atomic E-state index is 5.51. The molecule has 0 amide bonds. The van der Waals surface area contributed by atoms with Crippen molar-refractivity contribution in [1.29, 1.82) is 0 Å². The molecule has 2 aromatic rings. The van der Waals surface area contributed by atoms with Crippen molar-refractivity contribution in [2.24, 2.45) is 5.84 Å². The lowest BCUT2D eigenvalue weighted by molar-refractivity contribution is 0.178. The summed E-state index contributed by atoms with van der Waals surface area (Å²) in [6.45, 7) is 2.76. The fourth-order valence-electron chi connectivity index (χ4n) is 1.61. The third kappa shape index (κ3) is 3.65. The zero-order valence-corrected chi connectivity index (χ0v) is 11.5. The van der Waals surface area contributed by atoms with Crippen LogP contribution in [0.1, 0.15) is 24.4 Å². The molecule has 20 heavy (non-hydrogen) atoms. The Labute approximate surface area is 116 Å². The predicted octanol–water partition coefficient (Wildman–Crippen LogP) is 1.07. The van der Waals surface area contributed by atoms with Gasteiger partial charge in [-0.05, 0) is 0 Å². The number of hydrogen-bond donors (Lipinski definition) is 3. The van der Waals surface area contributed by atoms with Crippen LogP contribution in [0.25, 0.3) is 0 Å². The number of aromatic nitrogens is 3. The molecular weight excluding hydrogens is 260 g/mol. The average molecular weight is 278 g/mol. The molecule has 2 rings (SSSR count). The minimum Gasteiger partial charge on any atom is -0.444 e. The monoisotopic (exact) mass is 278 g/mol. The molecule has 0 saturated carbocycles. The zero-order chi connectivity index (χ0) is 14.4. The molecule has 0 bridgehead atoms. The highest BCUT2D eigenvalue weighted by atomic mass is 16.5. The van der Waals surface area contributed by atoms with Crippen LogP contribution in [0.3, 0.4) is 0 Å². The van der Waals surface area contributed by atoms with Crippen LogP contribution >= 0.6 is 0 Å². The Balaban J connectivity index is 2.05. The van der Waals surface area contributed by atoms with Gasteiger partial charge in [-0.15, -0.1) is 0 Å². The molecule has 0 spiro atoms. The van der Waals surface area contributed by atoms with Crippen molar-refractivity contribution in [3.05, 3.63) is 29.7 Å². The minimum absolute atomic E-state index is 0.309. The lowest BCUT2D eigenvalue weighted by Crippen LogP contribution is -2.12. The Bertz CT molecular complexity index is 557. The van der Waals surface area contributed by atoms with E-state index in [2.05, 4.69) is 25.7 Å². The number of oxazole rings is 1. The van der Waals surface area contributed by atoms with Crippen molar-refractivity contribution < 1.29 is 9.15 Å². The maximum Gasteiger partial charge on any atom is 0.213 e.